The number of halogens is 2. The van der Waals surface area contributed by atoms with E-state index in [1.54, 1.807) is 25.3 Å². The van der Waals surface area contributed by atoms with Crippen LogP contribution >= 0.6 is 0 Å². The van der Waals surface area contributed by atoms with Crippen molar-refractivity contribution in [3.05, 3.63) is 82.9 Å². The molecule has 0 fully saturated rings. The van der Waals surface area contributed by atoms with E-state index in [1.807, 2.05) is 12.1 Å². The molecule has 4 N–H and O–H groups in total. The maximum Gasteiger partial charge on any atom is 0.274 e. The number of aromatic nitrogens is 4. The summed E-state index contributed by atoms with van der Waals surface area (Å²) in [6.45, 7) is 1.73. The fourth-order valence-corrected chi connectivity index (χ4v) is 3.26. The van der Waals surface area contributed by atoms with Gasteiger partial charge in [-0.3, -0.25) is 4.79 Å². The van der Waals surface area contributed by atoms with Gasteiger partial charge in [-0.05, 0) is 42.8 Å². The van der Waals surface area contributed by atoms with E-state index in [4.69, 9.17) is 11.0 Å². The lowest BCUT2D eigenvalue weighted by atomic mass is 10.1. The van der Waals surface area contributed by atoms with Crippen LogP contribution in [-0.4, -0.2) is 32.4 Å². The minimum Gasteiger partial charge on any atom is -0.368 e. The van der Waals surface area contributed by atoms with Crippen LogP contribution in [0.15, 0.2) is 48.8 Å². The average molecular weight is 484 g/mol. The second-order valence-electron chi connectivity index (χ2n) is 7.59. The van der Waals surface area contributed by atoms with Gasteiger partial charge in [0.2, 0.25) is 5.95 Å². The summed E-state index contributed by atoms with van der Waals surface area (Å²) in [5.41, 5.74) is 7.18. The van der Waals surface area contributed by atoms with Crippen LogP contribution in [-0.2, 0) is 0 Å². The second kappa shape index (κ2) is 10.4. The lowest BCUT2D eigenvalue weighted by molar-refractivity contribution is 0.0935. The number of hydrogen-bond donors (Lipinski definition) is 3. The van der Waals surface area contributed by atoms with Crippen LogP contribution in [0.3, 0.4) is 0 Å². The molecule has 178 valence electrons. The maximum absolute atomic E-state index is 13.6. The fraction of sp³-hybridized carbons (Fsp3) is 0.120. The van der Waals surface area contributed by atoms with Crippen LogP contribution in [0.25, 0.3) is 10.9 Å². The van der Waals surface area contributed by atoms with Gasteiger partial charge in [-0.15, -0.1) is 0 Å². The quantitative estimate of drug-likeness (QED) is 0.367. The number of amides is 1. The zero-order chi connectivity index (χ0) is 25.7. The zero-order valence-electron chi connectivity index (χ0n) is 18.9. The van der Waals surface area contributed by atoms with E-state index in [-0.39, 0.29) is 29.7 Å². The first-order chi connectivity index (χ1) is 17.3. The monoisotopic (exact) mass is 484 g/mol. The highest BCUT2D eigenvalue weighted by molar-refractivity contribution is 5.97. The lowest BCUT2D eigenvalue weighted by Crippen LogP contribution is -2.29. The van der Waals surface area contributed by atoms with Gasteiger partial charge in [-0.2, -0.15) is 5.26 Å². The number of nitrogen functional groups attached to an aromatic ring is 1. The van der Waals surface area contributed by atoms with Crippen LogP contribution in [0, 0.1) is 34.8 Å². The SMILES string of the molecule is C[C@H](NC(=O)c1nc(C#N)cnc1NCC#Cc1ccc2nc(N)ncc2c1)c1ccc(F)c(F)c1. The molecule has 0 spiro atoms. The number of fused-ring (bicyclic) bond motifs is 1. The Balaban J connectivity index is 1.48. The predicted octanol–water partition coefficient (Wildman–Crippen LogP) is 3.11. The maximum atomic E-state index is 13.6. The molecule has 0 radical (unpaired) electrons. The first kappa shape index (κ1) is 24.0. The highest BCUT2D eigenvalue weighted by atomic mass is 19.2. The van der Waals surface area contributed by atoms with Gasteiger partial charge in [0.1, 0.15) is 6.07 Å². The van der Waals surface area contributed by atoms with Crippen molar-refractivity contribution in [1.29, 1.82) is 5.26 Å². The Morgan fingerprint density at radius 3 is 2.72 bits per heavy atom. The number of carbonyl (C=O) groups excluding carboxylic acids is 1. The van der Waals surface area contributed by atoms with Gasteiger partial charge < -0.3 is 16.4 Å². The van der Waals surface area contributed by atoms with E-state index in [2.05, 4.69) is 42.4 Å². The third kappa shape index (κ3) is 5.48. The Kier molecular flexibility index (Phi) is 6.93. The molecule has 4 rings (SSSR count). The van der Waals surface area contributed by atoms with Gasteiger partial charge in [-0.1, -0.05) is 17.9 Å². The number of carbonyl (C=O) groups is 1. The van der Waals surface area contributed by atoms with Gasteiger partial charge in [0.25, 0.3) is 5.91 Å². The summed E-state index contributed by atoms with van der Waals surface area (Å²) in [4.78, 5) is 29.1. The Morgan fingerprint density at radius 2 is 1.94 bits per heavy atom. The molecule has 2 heterocycles. The summed E-state index contributed by atoms with van der Waals surface area (Å²) in [7, 11) is 0. The minimum absolute atomic E-state index is 0.0590. The van der Waals surface area contributed by atoms with Crippen molar-refractivity contribution in [2.45, 2.75) is 13.0 Å². The molecule has 11 heteroatoms. The van der Waals surface area contributed by atoms with Gasteiger partial charge in [-0.25, -0.2) is 28.7 Å². The number of nitriles is 1. The van der Waals surface area contributed by atoms with E-state index in [1.165, 1.54) is 12.3 Å². The summed E-state index contributed by atoms with van der Waals surface area (Å²) in [5.74, 6) is 3.56. The topological polar surface area (TPSA) is 142 Å². The minimum atomic E-state index is -1.02. The van der Waals surface area contributed by atoms with Gasteiger partial charge >= 0.3 is 0 Å². The zero-order valence-corrected chi connectivity index (χ0v) is 18.9. The number of rotatable bonds is 5. The largest absolute Gasteiger partial charge is 0.368 e. The summed E-state index contributed by atoms with van der Waals surface area (Å²) < 4.78 is 26.8. The van der Waals surface area contributed by atoms with Crippen LogP contribution in [0.5, 0.6) is 0 Å². The molecule has 0 bridgehead atoms. The van der Waals surface area contributed by atoms with E-state index < -0.39 is 23.6 Å². The molecule has 2 aromatic carbocycles. The molecule has 4 aromatic rings. The summed E-state index contributed by atoms with van der Waals surface area (Å²) in [6, 6.07) is 9.91. The third-order valence-electron chi connectivity index (χ3n) is 5.07. The number of hydrogen-bond acceptors (Lipinski definition) is 8. The van der Waals surface area contributed by atoms with E-state index in [9.17, 15) is 13.6 Å². The molecule has 36 heavy (non-hydrogen) atoms. The van der Waals surface area contributed by atoms with E-state index in [0.29, 0.717) is 11.1 Å². The Hall–Kier alpha value is -5.16. The van der Waals surface area contributed by atoms with Crippen LogP contribution in [0.1, 0.15) is 40.3 Å². The molecule has 0 saturated carbocycles. The molecule has 0 aliphatic carbocycles. The van der Waals surface area contributed by atoms with Gasteiger partial charge in [0.05, 0.1) is 24.3 Å². The van der Waals surface area contributed by atoms with Crippen LogP contribution in [0.2, 0.25) is 0 Å². The van der Waals surface area contributed by atoms with Gasteiger partial charge in [0, 0.05) is 17.1 Å². The fourth-order valence-electron chi connectivity index (χ4n) is 3.26. The summed E-state index contributed by atoms with van der Waals surface area (Å²) >= 11 is 0. The highest BCUT2D eigenvalue weighted by Gasteiger charge is 2.19. The number of anilines is 2. The van der Waals surface area contributed by atoms with Crippen molar-refractivity contribution < 1.29 is 13.6 Å². The number of nitrogens with zero attached hydrogens (tertiary/aromatic N) is 5. The van der Waals surface area contributed by atoms with Crippen molar-refractivity contribution >= 4 is 28.6 Å². The van der Waals surface area contributed by atoms with Crippen molar-refractivity contribution in [2.24, 2.45) is 0 Å². The average Bonchev–Trinajstić information content (AvgIpc) is 2.88. The Labute approximate surface area is 204 Å². The molecule has 2 aromatic heterocycles. The Bertz CT molecular complexity index is 1570. The lowest BCUT2D eigenvalue weighted by Gasteiger charge is -2.15. The standard InChI is InChI=1S/C25H18F2N8O/c1-14(16-5-6-19(26)20(27)10-16)33-24(36)22-23(31-13-18(11-28)34-22)30-8-2-3-15-4-7-21-17(9-15)12-32-25(29)35-21/h4-7,9-10,12-14H,8H2,1H3,(H,30,31)(H,33,36)(H2,29,32,35)/t14-/m0/s1. The Morgan fingerprint density at radius 1 is 1.11 bits per heavy atom. The second-order valence-corrected chi connectivity index (χ2v) is 7.59. The van der Waals surface area contributed by atoms with Crippen molar-refractivity contribution in [1.82, 2.24) is 25.3 Å². The van der Waals surface area contributed by atoms with E-state index in [0.717, 1.165) is 23.1 Å². The third-order valence-corrected chi connectivity index (χ3v) is 5.07. The molecular weight excluding hydrogens is 466 g/mol. The molecule has 0 aliphatic heterocycles. The number of nitrogens with one attached hydrogen (secondary N) is 2. The molecule has 0 saturated heterocycles. The first-order valence-electron chi connectivity index (χ1n) is 10.6. The molecule has 9 nitrogen and oxygen atoms in total. The molecule has 0 aliphatic rings. The van der Waals surface area contributed by atoms with Crippen LogP contribution < -0.4 is 16.4 Å². The number of benzene rings is 2. The van der Waals surface area contributed by atoms with E-state index >= 15 is 0 Å². The first-order valence-corrected chi connectivity index (χ1v) is 10.6. The van der Waals surface area contributed by atoms with Crippen molar-refractivity contribution in [3.63, 3.8) is 0 Å². The van der Waals surface area contributed by atoms with Crippen LogP contribution in [0.4, 0.5) is 20.5 Å². The summed E-state index contributed by atoms with van der Waals surface area (Å²) in [6.07, 6.45) is 2.83. The predicted molar refractivity (Wildman–Crippen MR) is 128 cm³/mol. The molecule has 1 atom stereocenters. The van der Waals surface area contributed by atoms with Crippen molar-refractivity contribution in [2.75, 3.05) is 17.6 Å². The molecule has 0 unspecified atom stereocenters. The highest BCUT2D eigenvalue weighted by Crippen LogP contribution is 2.18. The van der Waals surface area contributed by atoms with Crippen molar-refractivity contribution in [3.8, 4) is 17.9 Å². The smallest absolute Gasteiger partial charge is 0.274 e. The van der Waals surface area contributed by atoms with Gasteiger partial charge in [0.15, 0.2) is 28.8 Å². The normalized spacial score (nSPS) is 11.2. The molecule has 1 amide bonds. The number of nitrogens with two attached hydrogens (primary N) is 1. The summed E-state index contributed by atoms with van der Waals surface area (Å²) in [5, 5.41) is 15.5. The molecular formula is C25H18F2N8O.